The molecule has 0 radical (unpaired) electrons. The number of aliphatic hydroxyl groups is 3. The minimum Gasteiger partial charge on any atom is -0.478 e. The predicted molar refractivity (Wildman–Crippen MR) is 38.4 cm³/mol. The van der Waals surface area contributed by atoms with Crippen LogP contribution in [0.3, 0.4) is 0 Å². The largest absolute Gasteiger partial charge is 0.478 e. The topological polar surface area (TPSA) is 98.0 Å². The van der Waals surface area contributed by atoms with Gasteiger partial charge in [0.15, 0.2) is 0 Å². The molecule has 0 heterocycles. The molecule has 1 aliphatic carbocycles. The monoisotopic (exact) mass is 176 g/mol. The van der Waals surface area contributed by atoms with Gasteiger partial charge < -0.3 is 20.4 Å². The Morgan fingerprint density at radius 2 is 2.00 bits per heavy atom. The van der Waals surface area contributed by atoms with Crippen LogP contribution in [0.1, 0.15) is 6.42 Å². The first-order valence-electron chi connectivity index (χ1n) is 3.50. The Bertz CT molecular complexity index is 222. The van der Waals surface area contributed by atoms with Gasteiger partial charge in [-0.15, -0.1) is 0 Å². The summed E-state index contributed by atoms with van der Waals surface area (Å²) in [7, 11) is 0. The van der Waals surface area contributed by atoms with Crippen LogP contribution in [-0.2, 0) is 4.79 Å². The van der Waals surface area contributed by atoms with E-state index in [1.54, 1.807) is 0 Å². The molecule has 4 N–H and O–H groups in total. The van der Waals surface area contributed by atoms with Gasteiger partial charge in [0.2, 0.25) is 0 Å². The van der Waals surface area contributed by atoms with Crippen LogP contribution in [0.25, 0.3) is 0 Å². The second-order valence-corrected chi connectivity index (χ2v) is 2.75. The zero-order valence-corrected chi connectivity index (χ0v) is 6.21. The van der Waals surface area contributed by atoms with Crippen LogP contribution in [0.4, 0.5) is 0 Å². The highest BCUT2D eigenvalue weighted by Crippen LogP contribution is 2.19. The van der Waals surface area contributed by atoms with E-state index in [1.807, 2.05) is 0 Å². The lowest BCUT2D eigenvalue weighted by molar-refractivity contribution is -0.134. The van der Waals surface area contributed by atoms with Crippen molar-refractivity contribution in [1.29, 1.82) is 0 Å². The normalized spacial score (nSPS) is 35.9. The number of hydrogen-bond acceptors (Lipinski definition) is 4. The van der Waals surface area contributed by atoms with Gasteiger partial charge in [0.25, 0.3) is 0 Å². The van der Waals surface area contributed by atoms with Crippen molar-refractivity contribution in [2.45, 2.75) is 24.7 Å². The SMILES string of the molecule is O=[13C](O)[13C]1=C[C@@H](O)[C@@H](O)[C@H](O)C1. The summed E-state index contributed by atoms with van der Waals surface area (Å²) in [6, 6.07) is 0. The van der Waals surface area contributed by atoms with Gasteiger partial charge >= 0.3 is 5.97 Å². The molecule has 0 unspecified atom stereocenters. The van der Waals surface area contributed by atoms with Gasteiger partial charge in [-0.1, -0.05) is 0 Å². The standard InChI is InChI=1S/C7H10O5/c8-4-1-3(7(11)12)2-5(9)6(4)10/h1,4-6,8-10H,2H2,(H,11,12)/t4-,5-,6-/m1/s1/i3+1,7+1. The van der Waals surface area contributed by atoms with E-state index in [-0.39, 0.29) is 12.0 Å². The summed E-state index contributed by atoms with van der Waals surface area (Å²) in [6.07, 6.45) is -2.86. The Kier molecular flexibility index (Phi) is 2.46. The molecule has 0 aromatic rings. The lowest BCUT2D eigenvalue weighted by Crippen LogP contribution is -2.40. The van der Waals surface area contributed by atoms with Gasteiger partial charge in [0.1, 0.15) is 12.2 Å². The zero-order chi connectivity index (χ0) is 9.30. The summed E-state index contributed by atoms with van der Waals surface area (Å²) in [5.41, 5.74) is -0.0692. The maximum absolute atomic E-state index is 10.4. The van der Waals surface area contributed by atoms with E-state index in [0.717, 1.165) is 6.08 Å². The van der Waals surface area contributed by atoms with Crippen molar-refractivity contribution < 1.29 is 25.2 Å². The first kappa shape index (κ1) is 9.18. The molecule has 12 heavy (non-hydrogen) atoms. The molecule has 1 aliphatic rings. The van der Waals surface area contributed by atoms with Crippen LogP contribution in [-0.4, -0.2) is 44.7 Å². The molecule has 0 aromatic heterocycles. The first-order chi connectivity index (χ1) is 5.52. The lowest BCUT2D eigenvalue weighted by Gasteiger charge is -2.25. The van der Waals surface area contributed by atoms with Crippen LogP contribution in [0.2, 0.25) is 0 Å². The number of carboxylic acids is 1. The number of aliphatic hydroxyl groups excluding tert-OH is 3. The van der Waals surface area contributed by atoms with E-state index in [0.29, 0.717) is 0 Å². The highest BCUT2D eigenvalue weighted by molar-refractivity contribution is 5.87. The molecule has 0 fully saturated rings. The molecular formula is C7H10O5. The van der Waals surface area contributed by atoms with Crippen molar-refractivity contribution in [2.75, 3.05) is 0 Å². The van der Waals surface area contributed by atoms with Crippen molar-refractivity contribution >= 4 is 5.97 Å². The summed E-state index contributed by atoms with van der Waals surface area (Å²) in [5, 5.41) is 35.6. The maximum Gasteiger partial charge on any atom is 0.331 e. The molecule has 1 rings (SSSR count). The molecule has 0 saturated carbocycles. The fourth-order valence-electron chi connectivity index (χ4n) is 1.11. The molecule has 5 heteroatoms. The van der Waals surface area contributed by atoms with Crippen molar-refractivity contribution in [3.63, 3.8) is 0 Å². The van der Waals surface area contributed by atoms with Crippen LogP contribution in [0.15, 0.2) is 11.6 Å². The van der Waals surface area contributed by atoms with Crippen molar-refractivity contribution in [3.05, 3.63) is 11.6 Å². The molecule has 0 aliphatic heterocycles. The molecule has 0 spiro atoms. The van der Waals surface area contributed by atoms with Gasteiger partial charge in [-0.25, -0.2) is 4.79 Å². The Morgan fingerprint density at radius 1 is 1.42 bits per heavy atom. The van der Waals surface area contributed by atoms with Crippen molar-refractivity contribution in [2.24, 2.45) is 0 Å². The van der Waals surface area contributed by atoms with Gasteiger partial charge in [-0.3, -0.25) is 0 Å². The molecule has 0 bridgehead atoms. The van der Waals surface area contributed by atoms with Crippen LogP contribution >= 0.6 is 0 Å². The Morgan fingerprint density at radius 3 is 2.42 bits per heavy atom. The van der Waals surface area contributed by atoms with Crippen LogP contribution < -0.4 is 0 Å². The highest BCUT2D eigenvalue weighted by atomic mass is 16.5. The predicted octanol–water partition coefficient (Wildman–Crippen LogP) is -1.52. The maximum atomic E-state index is 10.4. The van der Waals surface area contributed by atoms with Gasteiger partial charge in [0.05, 0.1) is 6.10 Å². The summed E-state index contributed by atoms with van der Waals surface area (Å²) in [6.45, 7) is 0. The fraction of sp³-hybridized carbons (Fsp3) is 0.571. The van der Waals surface area contributed by atoms with E-state index in [4.69, 9.17) is 20.4 Å². The number of carboxylic acid groups (broad SMARTS) is 1. The van der Waals surface area contributed by atoms with Gasteiger partial charge in [-0.2, -0.15) is 0 Å². The minimum absolute atomic E-state index is 0.0692. The number of aliphatic carboxylic acids is 1. The third kappa shape index (κ3) is 1.63. The molecular weight excluding hydrogens is 166 g/mol. The average molecular weight is 176 g/mol. The van der Waals surface area contributed by atoms with Crippen molar-refractivity contribution in [3.8, 4) is 0 Å². The van der Waals surface area contributed by atoms with Gasteiger partial charge in [-0.05, 0) is 6.08 Å². The number of hydrogen-bond donors (Lipinski definition) is 4. The smallest absolute Gasteiger partial charge is 0.331 e. The zero-order valence-electron chi connectivity index (χ0n) is 6.21. The average Bonchev–Trinajstić information content (AvgIpc) is 1.99. The van der Waals surface area contributed by atoms with E-state index < -0.39 is 24.3 Å². The highest BCUT2D eigenvalue weighted by Gasteiger charge is 2.31. The number of carbonyl (C=O) groups is 1. The fourth-order valence-corrected chi connectivity index (χ4v) is 1.11. The quantitative estimate of drug-likeness (QED) is 0.364. The summed E-state index contributed by atoms with van der Waals surface area (Å²) >= 11 is 0. The Balaban J connectivity index is 2.81. The van der Waals surface area contributed by atoms with Crippen LogP contribution in [0.5, 0.6) is 0 Å². The van der Waals surface area contributed by atoms with Crippen LogP contribution in [0, 0.1) is 0 Å². The van der Waals surface area contributed by atoms with E-state index in [2.05, 4.69) is 0 Å². The van der Waals surface area contributed by atoms with Gasteiger partial charge in [0, 0.05) is 12.0 Å². The summed E-state index contributed by atoms with van der Waals surface area (Å²) in [4.78, 5) is 10.4. The molecule has 68 valence electrons. The summed E-state index contributed by atoms with van der Waals surface area (Å²) in [5.74, 6) is -1.18. The minimum atomic E-state index is -1.29. The molecule has 3 atom stereocenters. The third-order valence-electron chi connectivity index (χ3n) is 1.82. The van der Waals surface area contributed by atoms with E-state index in [9.17, 15) is 4.79 Å². The van der Waals surface area contributed by atoms with E-state index in [1.165, 1.54) is 0 Å². The Labute approximate surface area is 68.6 Å². The second kappa shape index (κ2) is 3.22. The molecule has 5 nitrogen and oxygen atoms in total. The number of rotatable bonds is 1. The second-order valence-electron chi connectivity index (χ2n) is 2.75. The first-order valence-corrected chi connectivity index (χ1v) is 3.50. The lowest BCUT2D eigenvalue weighted by atomic mass is 10.0. The Hall–Kier alpha value is -0.910. The van der Waals surface area contributed by atoms with Crippen molar-refractivity contribution in [1.82, 2.24) is 0 Å². The molecule has 0 amide bonds. The van der Waals surface area contributed by atoms with E-state index >= 15 is 0 Å². The molecule has 0 saturated heterocycles. The summed E-state index contributed by atoms with van der Waals surface area (Å²) < 4.78 is 0. The third-order valence-corrected chi connectivity index (χ3v) is 1.82. The molecule has 0 aromatic carbocycles.